The minimum Gasteiger partial charge on any atom is -0.497 e. The highest BCUT2D eigenvalue weighted by Gasteiger charge is 2.34. The van der Waals surface area contributed by atoms with Crippen molar-refractivity contribution in [1.29, 1.82) is 0 Å². The molecule has 3 aromatic carbocycles. The maximum atomic E-state index is 14.1. The highest BCUT2D eigenvalue weighted by molar-refractivity contribution is 6.01. The molecule has 5 rings (SSSR count). The molecule has 1 aliphatic heterocycles. The van der Waals surface area contributed by atoms with Crippen LogP contribution >= 0.6 is 0 Å². The highest BCUT2D eigenvalue weighted by Crippen LogP contribution is 2.32. The van der Waals surface area contributed by atoms with Crippen molar-refractivity contribution in [2.75, 3.05) is 32.3 Å². The summed E-state index contributed by atoms with van der Waals surface area (Å²) >= 11 is 0. The third-order valence-corrected chi connectivity index (χ3v) is 6.75. The number of para-hydroxylation sites is 1. The van der Waals surface area contributed by atoms with Crippen LogP contribution in [0.5, 0.6) is 11.5 Å². The van der Waals surface area contributed by atoms with Crippen LogP contribution in [0, 0.1) is 0 Å². The van der Waals surface area contributed by atoms with Crippen LogP contribution < -0.4 is 19.7 Å². The van der Waals surface area contributed by atoms with Crippen molar-refractivity contribution in [2.24, 2.45) is 0 Å². The number of carbonyl (C=O) groups is 2. The predicted octanol–water partition coefficient (Wildman–Crippen LogP) is 3.52. The van der Waals surface area contributed by atoms with Crippen LogP contribution in [0.1, 0.15) is 24.4 Å². The molecule has 39 heavy (non-hydrogen) atoms. The quantitative estimate of drug-likeness (QED) is 0.335. The van der Waals surface area contributed by atoms with Crippen molar-refractivity contribution in [2.45, 2.75) is 31.5 Å². The van der Waals surface area contributed by atoms with Gasteiger partial charge < -0.3 is 19.5 Å². The smallest absolute Gasteiger partial charge is 0.249 e. The van der Waals surface area contributed by atoms with Crippen LogP contribution in [0.15, 0.2) is 72.8 Å². The Morgan fingerprint density at radius 1 is 1.05 bits per heavy atom. The predicted molar refractivity (Wildman–Crippen MR) is 146 cm³/mol. The molecule has 0 saturated carbocycles. The van der Waals surface area contributed by atoms with Gasteiger partial charge in [0.15, 0.2) is 0 Å². The number of aromatic nitrogens is 3. The number of nitrogens with one attached hydrogen (secondary N) is 1. The normalized spacial score (nSPS) is 15.6. The number of ether oxygens (including phenoxy) is 3. The second-order valence-corrected chi connectivity index (χ2v) is 9.26. The number of hydrogen-bond donors (Lipinski definition) is 1. The first-order valence-electron chi connectivity index (χ1n) is 12.8. The lowest BCUT2D eigenvalue weighted by molar-refractivity contribution is -0.127. The molecule has 0 aliphatic carbocycles. The molecule has 2 atom stereocenters. The van der Waals surface area contributed by atoms with Crippen LogP contribution in [0.4, 0.5) is 5.69 Å². The lowest BCUT2D eigenvalue weighted by Crippen LogP contribution is -2.46. The molecule has 0 radical (unpaired) electrons. The first-order chi connectivity index (χ1) is 19.1. The van der Waals surface area contributed by atoms with Crippen LogP contribution in [0.3, 0.4) is 0 Å². The van der Waals surface area contributed by atoms with Gasteiger partial charge in [-0.2, -0.15) is 0 Å². The van der Waals surface area contributed by atoms with Crippen molar-refractivity contribution < 1.29 is 23.8 Å². The number of carbonyl (C=O) groups excluding carboxylic acids is 2. The molecule has 0 unspecified atom stereocenters. The van der Waals surface area contributed by atoms with Crippen molar-refractivity contribution in [3.8, 4) is 11.5 Å². The fourth-order valence-electron chi connectivity index (χ4n) is 4.78. The number of nitrogens with zero attached hydrogens (tertiary/aromatic N) is 4. The third-order valence-electron chi connectivity index (χ3n) is 6.75. The van der Waals surface area contributed by atoms with E-state index in [1.807, 2.05) is 30.3 Å². The maximum absolute atomic E-state index is 14.1. The summed E-state index contributed by atoms with van der Waals surface area (Å²) in [5.41, 5.74) is 2.50. The molecule has 4 aromatic rings. The van der Waals surface area contributed by atoms with E-state index in [1.165, 1.54) is 9.58 Å². The number of hydrogen-bond acceptors (Lipinski definition) is 7. The Hall–Kier alpha value is -4.44. The standard InChI is InChI=1S/C29H31N5O5/c1-37-22-10-5-8-20(16-22)28(29(36)30-18-24-12-7-15-39-24)34(21-9-6-11-23(17-21)38-2)27(35)19-33-26-14-4-3-13-25(26)31-32-33/h3-6,8-11,13-14,16-17,24,28H,7,12,15,18-19H2,1-2H3,(H,30,36)/t24-,28-/m1/s1. The van der Waals surface area contributed by atoms with Gasteiger partial charge in [0, 0.05) is 24.9 Å². The second kappa shape index (κ2) is 12.0. The molecule has 10 heteroatoms. The number of amides is 2. The van der Waals surface area contributed by atoms with E-state index < -0.39 is 6.04 Å². The van der Waals surface area contributed by atoms with Gasteiger partial charge in [0.25, 0.3) is 0 Å². The molecular weight excluding hydrogens is 498 g/mol. The van der Waals surface area contributed by atoms with Crippen molar-refractivity contribution in [3.05, 3.63) is 78.4 Å². The molecule has 2 amide bonds. The summed E-state index contributed by atoms with van der Waals surface area (Å²) in [4.78, 5) is 29.6. The summed E-state index contributed by atoms with van der Waals surface area (Å²) in [7, 11) is 3.12. The van der Waals surface area contributed by atoms with Gasteiger partial charge in [0.2, 0.25) is 11.8 Å². The molecule has 1 fully saturated rings. The van der Waals surface area contributed by atoms with Crippen molar-refractivity contribution in [3.63, 3.8) is 0 Å². The molecule has 1 aromatic heterocycles. The van der Waals surface area contributed by atoms with Gasteiger partial charge >= 0.3 is 0 Å². The average Bonchev–Trinajstić information content (AvgIpc) is 3.65. The molecule has 1 saturated heterocycles. The van der Waals surface area contributed by atoms with Gasteiger partial charge in [-0.05, 0) is 54.8 Å². The number of methoxy groups -OCH3 is 2. The lowest BCUT2D eigenvalue weighted by Gasteiger charge is -2.32. The zero-order valence-electron chi connectivity index (χ0n) is 21.9. The fourth-order valence-corrected chi connectivity index (χ4v) is 4.78. The Morgan fingerprint density at radius 3 is 2.59 bits per heavy atom. The number of anilines is 1. The third kappa shape index (κ3) is 5.85. The van der Waals surface area contributed by atoms with E-state index in [2.05, 4.69) is 15.6 Å². The zero-order chi connectivity index (χ0) is 27.2. The number of benzene rings is 3. The molecule has 0 bridgehead atoms. The molecule has 2 heterocycles. The van der Waals surface area contributed by atoms with E-state index in [0.717, 1.165) is 18.4 Å². The monoisotopic (exact) mass is 529 g/mol. The number of fused-ring (bicyclic) bond motifs is 1. The Kier molecular flexibility index (Phi) is 8.02. The van der Waals surface area contributed by atoms with Gasteiger partial charge in [-0.1, -0.05) is 35.5 Å². The van der Waals surface area contributed by atoms with Crippen molar-refractivity contribution in [1.82, 2.24) is 20.3 Å². The lowest BCUT2D eigenvalue weighted by atomic mass is 10.0. The highest BCUT2D eigenvalue weighted by atomic mass is 16.5. The van der Waals surface area contributed by atoms with E-state index in [9.17, 15) is 9.59 Å². The van der Waals surface area contributed by atoms with Gasteiger partial charge in [0.1, 0.15) is 29.6 Å². The van der Waals surface area contributed by atoms with Gasteiger partial charge in [0.05, 0.1) is 25.8 Å². The Morgan fingerprint density at radius 2 is 1.82 bits per heavy atom. The van der Waals surface area contributed by atoms with Gasteiger partial charge in [-0.3, -0.25) is 14.5 Å². The molecular formula is C29H31N5O5. The van der Waals surface area contributed by atoms with E-state index in [1.54, 1.807) is 56.7 Å². The van der Waals surface area contributed by atoms with E-state index >= 15 is 0 Å². The summed E-state index contributed by atoms with van der Waals surface area (Å²) < 4.78 is 18.1. The van der Waals surface area contributed by atoms with Crippen LogP contribution in [0.25, 0.3) is 11.0 Å². The minimum absolute atomic E-state index is 0.0533. The second-order valence-electron chi connectivity index (χ2n) is 9.26. The van der Waals surface area contributed by atoms with E-state index in [4.69, 9.17) is 14.2 Å². The summed E-state index contributed by atoms with van der Waals surface area (Å²) in [5.74, 6) is 0.447. The number of rotatable bonds is 10. The summed E-state index contributed by atoms with van der Waals surface area (Å²) in [5, 5.41) is 11.4. The van der Waals surface area contributed by atoms with E-state index in [-0.39, 0.29) is 24.5 Å². The molecule has 1 aliphatic rings. The largest absolute Gasteiger partial charge is 0.497 e. The molecule has 1 N–H and O–H groups in total. The minimum atomic E-state index is -1.00. The SMILES string of the molecule is COc1cccc([C@H](C(=O)NC[C@H]2CCCO2)N(C(=O)Cn2nnc3ccccc32)c2cccc(OC)c2)c1. The summed E-state index contributed by atoms with van der Waals surface area (Å²) in [6.45, 7) is 0.907. The van der Waals surface area contributed by atoms with Crippen molar-refractivity contribution >= 4 is 28.5 Å². The fraction of sp³-hybridized carbons (Fsp3) is 0.310. The van der Waals surface area contributed by atoms with Gasteiger partial charge in [-0.15, -0.1) is 5.10 Å². The Labute approximate surface area is 226 Å². The van der Waals surface area contributed by atoms with Crippen LogP contribution in [-0.2, 0) is 20.9 Å². The zero-order valence-corrected chi connectivity index (χ0v) is 21.9. The van der Waals surface area contributed by atoms with Crippen LogP contribution in [-0.4, -0.2) is 60.3 Å². The van der Waals surface area contributed by atoms with Gasteiger partial charge in [-0.25, -0.2) is 4.68 Å². The summed E-state index contributed by atoms with van der Waals surface area (Å²) in [6.07, 6.45) is 1.78. The molecule has 0 spiro atoms. The Balaban J connectivity index is 1.56. The van der Waals surface area contributed by atoms with E-state index in [0.29, 0.717) is 41.4 Å². The van der Waals surface area contributed by atoms with Crippen LogP contribution in [0.2, 0.25) is 0 Å². The maximum Gasteiger partial charge on any atom is 0.249 e. The Bertz CT molecular complexity index is 1450. The first kappa shape index (κ1) is 26.2. The topological polar surface area (TPSA) is 108 Å². The molecule has 202 valence electrons. The first-order valence-corrected chi connectivity index (χ1v) is 12.8. The average molecular weight is 530 g/mol. The summed E-state index contributed by atoms with van der Waals surface area (Å²) in [6, 6.07) is 20.7. The molecule has 10 nitrogen and oxygen atoms in total.